The van der Waals surface area contributed by atoms with E-state index in [1.165, 1.54) is 0 Å². The third kappa shape index (κ3) is 10.0. The monoisotopic (exact) mass is 531 g/mol. The highest BCUT2D eigenvalue weighted by atomic mass is 16.4. The molecule has 1 fully saturated rings. The van der Waals surface area contributed by atoms with Crippen LogP contribution in [-0.4, -0.2) is 72.0 Å². The zero-order valence-corrected chi connectivity index (χ0v) is 22.1. The van der Waals surface area contributed by atoms with Crippen LogP contribution in [0.5, 0.6) is 0 Å². The lowest BCUT2D eigenvalue weighted by molar-refractivity contribution is -0.143. The van der Waals surface area contributed by atoms with Crippen LogP contribution in [0.3, 0.4) is 0 Å². The summed E-state index contributed by atoms with van der Waals surface area (Å²) in [6.45, 7) is 4.57. The van der Waals surface area contributed by atoms with Gasteiger partial charge in [-0.1, -0.05) is 50.6 Å². The Kier molecular flexibility index (Phi) is 12.5. The number of nitrogens with two attached hydrogens (primary N) is 2. The van der Waals surface area contributed by atoms with Gasteiger partial charge in [0.15, 0.2) is 5.96 Å². The summed E-state index contributed by atoms with van der Waals surface area (Å²) in [5, 5.41) is 20.9. The van der Waals surface area contributed by atoms with Crippen molar-refractivity contribution in [1.29, 1.82) is 0 Å². The van der Waals surface area contributed by atoms with Crippen LogP contribution >= 0.6 is 0 Å². The molecule has 1 aromatic rings. The lowest BCUT2D eigenvalue weighted by Crippen LogP contribution is -2.58. The number of carboxylic acid groups (broad SMARTS) is 1. The largest absolute Gasteiger partial charge is 0.480 e. The maximum absolute atomic E-state index is 13.4. The van der Waals surface area contributed by atoms with Crippen molar-refractivity contribution in [3.8, 4) is 0 Å². The fourth-order valence-corrected chi connectivity index (χ4v) is 4.22. The predicted molar refractivity (Wildman–Crippen MR) is 144 cm³/mol. The molecule has 0 spiro atoms. The van der Waals surface area contributed by atoms with Crippen molar-refractivity contribution in [2.75, 3.05) is 13.1 Å². The minimum Gasteiger partial charge on any atom is -0.480 e. The fraction of sp³-hybridized carbons (Fsp3) is 0.577. The summed E-state index contributed by atoms with van der Waals surface area (Å²) in [6, 6.07) is 5.60. The summed E-state index contributed by atoms with van der Waals surface area (Å²) < 4.78 is 0. The van der Waals surface area contributed by atoms with Crippen molar-refractivity contribution in [2.45, 2.75) is 76.5 Å². The van der Waals surface area contributed by atoms with Crippen molar-refractivity contribution in [2.24, 2.45) is 22.4 Å². The van der Waals surface area contributed by atoms with Crippen LogP contribution in [0.15, 0.2) is 35.3 Å². The average Bonchev–Trinajstić information content (AvgIpc) is 3.43. The van der Waals surface area contributed by atoms with Gasteiger partial charge < -0.3 is 37.8 Å². The number of carbonyl (C=O) groups excluding carboxylic acids is 3. The number of rotatable bonds is 15. The number of hydrogen-bond donors (Lipinski definition) is 7. The molecule has 1 aromatic carbocycles. The quantitative estimate of drug-likeness (QED) is 0.0901. The average molecular weight is 532 g/mol. The van der Waals surface area contributed by atoms with Gasteiger partial charge in [-0.25, -0.2) is 4.79 Å². The molecule has 2 rings (SSSR count). The van der Waals surface area contributed by atoms with E-state index in [4.69, 9.17) is 11.5 Å². The molecule has 0 aromatic heterocycles. The second-order valence-corrected chi connectivity index (χ2v) is 9.62. The zero-order chi connectivity index (χ0) is 28.1. The van der Waals surface area contributed by atoms with Crippen molar-refractivity contribution >= 4 is 29.7 Å². The molecule has 5 unspecified atom stereocenters. The van der Waals surface area contributed by atoms with Gasteiger partial charge in [0.2, 0.25) is 17.7 Å². The number of aliphatic carboxylic acids is 1. The van der Waals surface area contributed by atoms with Crippen LogP contribution in [0.1, 0.15) is 51.5 Å². The summed E-state index contributed by atoms with van der Waals surface area (Å²) in [5.74, 6) is -2.99. The van der Waals surface area contributed by atoms with Gasteiger partial charge in [0.25, 0.3) is 0 Å². The second-order valence-electron chi connectivity index (χ2n) is 9.62. The number of carboxylic acids is 1. The van der Waals surface area contributed by atoms with E-state index < -0.39 is 42.0 Å². The molecule has 1 heterocycles. The van der Waals surface area contributed by atoms with Crippen LogP contribution in [0.4, 0.5) is 0 Å². The maximum atomic E-state index is 13.4. The van der Waals surface area contributed by atoms with Gasteiger partial charge in [0.05, 0.1) is 6.04 Å². The van der Waals surface area contributed by atoms with E-state index in [1.807, 2.05) is 37.3 Å². The Hall–Kier alpha value is -3.67. The first-order valence-electron chi connectivity index (χ1n) is 13.1. The standard InChI is InChI=1S/C26H41N7O5/c1-3-16(2)21(25(37)38)33-24(36)20(15-17-9-5-4-6-10-17)32-23(35)19(12-8-14-30-26(27)28)31-22(34)18-11-7-13-29-18/h4-6,9-10,16,18-21,29H,3,7-8,11-15H2,1-2H3,(H,31,34)(H,32,35)(H,33,36)(H,37,38)(H4,27,28,30). The van der Waals surface area contributed by atoms with Gasteiger partial charge in [0.1, 0.15) is 18.1 Å². The highest BCUT2D eigenvalue weighted by Gasteiger charge is 2.32. The second kappa shape index (κ2) is 15.6. The summed E-state index contributed by atoms with van der Waals surface area (Å²) >= 11 is 0. The Morgan fingerprint density at radius 1 is 1.08 bits per heavy atom. The molecular formula is C26H41N7O5. The molecular weight excluding hydrogens is 490 g/mol. The number of nitrogens with zero attached hydrogens (tertiary/aromatic N) is 1. The van der Waals surface area contributed by atoms with Crippen LogP contribution in [0, 0.1) is 5.92 Å². The third-order valence-corrected chi connectivity index (χ3v) is 6.65. The lowest BCUT2D eigenvalue weighted by atomic mass is 9.98. The van der Waals surface area contributed by atoms with Crippen LogP contribution in [0.25, 0.3) is 0 Å². The van der Waals surface area contributed by atoms with Gasteiger partial charge in [-0.3, -0.25) is 19.4 Å². The van der Waals surface area contributed by atoms with Crippen LogP contribution < -0.4 is 32.7 Å². The minimum atomic E-state index is -1.15. The lowest BCUT2D eigenvalue weighted by Gasteiger charge is -2.26. The first-order chi connectivity index (χ1) is 18.1. The van der Waals surface area contributed by atoms with E-state index >= 15 is 0 Å². The van der Waals surface area contributed by atoms with Crippen molar-refractivity contribution in [3.63, 3.8) is 0 Å². The Morgan fingerprint density at radius 3 is 2.34 bits per heavy atom. The van der Waals surface area contributed by atoms with Crippen molar-refractivity contribution in [3.05, 3.63) is 35.9 Å². The highest BCUT2D eigenvalue weighted by molar-refractivity contribution is 5.94. The van der Waals surface area contributed by atoms with E-state index in [2.05, 4.69) is 26.3 Å². The molecule has 1 aliphatic rings. The molecule has 0 radical (unpaired) electrons. The van der Waals surface area contributed by atoms with E-state index in [-0.39, 0.29) is 37.2 Å². The topological polar surface area (TPSA) is 201 Å². The molecule has 12 heteroatoms. The summed E-state index contributed by atoms with van der Waals surface area (Å²) in [7, 11) is 0. The SMILES string of the molecule is CCC(C)C(NC(=O)C(Cc1ccccc1)NC(=O)C(CCCN=C(N)N)NC(=O)C1CCCN1)C(=O)O. The summed E-state index contributed by atoms with van der Waals surface area (Å²) in [6.07, 6.45) is 2.87. The number of carbonyl (C=O) groups is 4. The molecule has 3 amide bonds. The summed E-state index contributed by atoms with van der Waals surface area (Å²) in [4.78, 5) is 55.2. The van der Waals surface area contributed by atoms with Gasteiger partial charge in [0, 0.05) is 13.0 Å². The molecule has 9 N–H and O–H groups in total. The number of guanidine groups is 1. The van der Waals surface area contributed by atoms with E-state index in [9.17, 15) is 24.3 Å². The Labute approximate surface area is 223 Å². The molecule has 1 aliphatic heterocycles. The molecule has 1 saturated heterocycles. The Bertz CT molecular complexity index is 962. The highest BCUT2D eigenvalue weighted by Crippen LogP contribution is 2.11. The number of nitrogens with one attached hydrogen (secondary N) is 4. The first-order valence-corrected chi connectivity index (χ1v) is 13.1. The van der Waals surface area contributed by atoms with E-state index in [1.54, 1.807) is 6.92 Å². The van der Waals surface area contributed by atoms with Gasteiger partial charge in [-0.15, -0.1) is 0 Å². The molecule has 0 saturated carbocycles. The van der Waals surface area contributed by atoms with E-state index in [0.717, 1.165) is 18.5 Å². The molecule has 38 heavy (non-hydrogen) atoms. The van der Waals surface area contributed by atoms with Gasteiger partial charge >= 0.3 is 5.97 Å². The number of benzene rings is 1. The van der Waals surface area contributed by atoms with Crippen LogP contribution in [0.2, 0.25) is 0 Å². The predicted octanol–water partition coefficient (Wildman–Crippen LogP) is -0.380. The molecule has 0 bridgehead atoms. The van der Waals surface area contributed by atoms with Crippen molar-refractivity contribution < 1.29 is 24.3 Å². The Morgan fingerprint density at radius 2 is 1.76 bits per heavy atom. The van der Waals surface area contributed by atoms with Crippen LogP contribution in [-0.2, 0) is 25.6 Å². The summed E-state index contributed by atoms with van der Waals surface area (Å²) in [5.41, 5.74) is 11.5. The fourth-order valence-electron chi connectivity index (χ4n) is 4.22. The number of aliphatic imine (C=N–C) groups is 1. The third-order valence-electron chi connectivity index (χ3n) is 6.65. The minimum absolute atomic E-state index is 0.0703. The first kappa shape index (κ1) is 30.6. The smallest absolute Gasteiger partial charge is 0.326 e. The Balaban J connectivity index is 2.22. The van der Waals surface area contributed by atoms with E-state index in [0.29, 0.717) is 19.3 Å². The number of hydrogen-bond acceptors (Lipinski definition) is 6. The molecule has 12 nitrogen and oxygen atoms in total. The maximum Gasteiger partial charge on any atom is 0.326 e. The number of amides is 3. The molecule has 0 aliphatic carbocycles. The van der Waals surface area contributed by atoms with Gasteiger partial charge in [-0.2, -0.15) is 0 Å². The molecule has 210 valence electrons. The molecule has 5 atom stereocenters. The zero-order valence-electron chi connectivity index (χ0n) is 22.1. The van der Waals surface area contributed by atoms with Gasteiger partial charge in [-0.05, 0) is 43.7 Å². The van der Waals surface area contributed by atoms with Crippen molar-refractivity contribution in [1.82, 2.24) is 21.3 Å². The normalized spacial score (nSPS) is 17.9.